The lowest BCUT2D eigenvalue weighted by Gasteiger charge is -2.26. The quantitative estimate of drug-likeness (QED) is 0.375. The van der Waals surface area contributed by atoms with Crippen LogP contribution in [0.4, 0.5) is 10.5 Å². The third kappa shape index (κ3) is 5.41. The van der Waals surface area contributed by atoms with E-state index in [1.54, 1.807) is 6.92 Å². The van der Waals surface area contributed by atoms with Crippen molar-refractivity contribution in [3.05, 3.63) is 29.2 Å². The summed E-state index contributed by atoms with van der Waals surface area (Å²) in [6.45, 7) is 1.25. The first kappa shape index (κ1) is 20.6. The van der Waals surface area contributed by atoms with Crippen molar-refractivity contribution < 1.29 is 19.1 Å². The number of imide groups is 1. The average Bonchev–Trinajstić information content (AvgIpc) is 3.08. The van der Waals surface area contributed by atoms with Gasteiger partial charge >= 0.3 is 6.09 Å². The van der Waals surface area contributed by atoms with Crippen LogP contribution < -0.4 is 21.3 Å². The van der Waals surface area contributed by atoms with Crippen molar-refractivity contribution in [2.24, 2.45) is 11.1 Å². The molecule has 3 atom stereocenters. The number of hydrogen-bond donors (Lipinski definition) is 4. The molecule has 4 N–H and O–H groups in total. The zero-order valence-corrected chi connectivity index (χ0v) is 15.7. The maximum atomic E-state index is 12.6. The van der Waals surface area contributed by atoms with Crippen molar-refractivity contribution in [1.82, 2.24) is 16.0 Å². The number of nitrogens with zero attached hydrogens (tertiary/aromatic N) is 1. The molecule has 0 aliphatic carbocycles. The molecule has 1 aromatic carbocycles. The molecule has 0 saturated carbocycles. The van der Waals surface area contributed by atoms with Gasteiger partial charge in [-0.15, -0.1) is 0 Å². The Labute approximate surface area is 160 Å². The molecule has 0 bridgehead atoms. The van der Waals surface area contributed by atoms with E-state index >= 15 is 0 Å². The average molecular weight is 395 g/mol. The van der Waals surface area contributed by atoms with Gasteiger partial charge in [-0.05, 0) is 26.1 Å². The Kier molecular flexibility index (Phi) is 7.55. The molecule has 146 valence electrons. The van der Waals surface area contributed by atoms with Gasteiger partial charge in [0, 0.05) is 10.6 Å². The van der Waals surface area contributed by atoms with Crippen molar-refractivity contribution in [2.75, 3.05) is 25.5 Å². The van der Waals surface area contributed by atoms with Crippen LogP contribution in [0.1, 0.15) is 6.92 Å². The highest BCUT2D eigenvalue weighted by Gasteiger charge is 2.34. The Balaban J connectivity index is 2.02. The number of carbonyl (C=O) groups is 3. The van der Waals surface area contributed by atoms with Gasteiger partial charge in [-0.1, -0.05) is 29.1 Å². The first-order valence-electron chi connectivity index (χ1n) is 8.26. The Morgan fingerprint density at radius 1 is 1.33 bits per heavy atom. The number of hydrogen-bond acceptors (Lipinski definition) is 9. The standard InChI is InChI=1S/C16H21N5O5S/c1-3-26-16(24)21-13(22)9(8-18-25)12(17-2)20-14(23)15-19-10-6-4-5-7-11(10)27-15/h4-7,9,12,15,17,19H,3,8H2,1-2H3,(H,20,23)(H,21,22,24). The third-order valence-electron chi connectivity index (χ3n) is 3.78. The summed E-state index contributed by atoms with van der Waals surface area (Å²) in [5.74, 6) is -2.24. The Morgan fingerprint density at radius 3 is 2.70 bits per heavy atom. The minimum atomic E-state index is -1.09. The number of ether oxygens (including phenoxy) is 1. The highest BCUT2D eigenvalue weighted by atomic mass is 32.2. The summed E-state index contributed by atoms with van der Waals surface area (Å²) in [5, 5.41) is 12.7. The number of carbonyl (C=O) groups excluding carboxylic acids is 3. The Morgan fingerprint density at radius 2 is 2.07 bits per heavy atom. The summed E-state index contributed by atoms with van der Waals surface area (Å²) in [5.41, 5.74) is 0.842. The smallest absolute Gasteiger partial charge is 0.413 e. The number of benzene rings is 1. The van der Waals surface area contributed by atoms with Crippen molar-refractivity contribution >= 4 is 35.4 Å². The first-order chi connectivity index (χ1) is 13.0. The molecule has 3 unspecified atom stereocenters. The van der Waals surface area contributed by atoms with Crippen molar-refractivity contribution in [3.63, 3.8) is 0 Å². The monoisotopic (exact) mass is 395 g/mol. The van der Waals surface area contributed by atoms with Crippen LogP contribution in [0.3, 0.4) is 0 Å². The zero-order chi connectivity index (χ0) is 19.8. The number of fused-ring (bicyclic) bond motifs is 1. The lowest BCUT2D eigenvalue weighted by Crippen LogP contribution is -2.57. The summed E-state index contributed by atoms with van der Waals surface area (Å²) in [6, 6.07) is 7.48. The largest absolute Gasteiger partial charge is 0.450 e. The molecule has 1 aliphatic rings. The fourth-order valence-corrected chi connectivity index (χ4v) is 3.51. The van der Waals surface area contributed by atoms with Gasteiger partial charge in [-0.2, -0.15) is 4.91 Å². The number of thioether (sulfide) groups is 1. The number of amides is 3. The minimum Gasteiger partial charge on any atom is -0.450 e. The van der Waals surface area contributed by atoms with Crippen LogP contribution in [0.2, 0.25) is 0 Å². The zero-order valence-electron chi connectivity index (χ0n) is 14.9. The molecule has 3 amide bonds. The van der Waals surface area contributed by atoms with Gasteiger partial charge in [0.25, 0.3) is 5.91 Å². The van der Waals surface area contributed by atoms with E-state index in [9.17, 15) is 19.3 Å². The van der Waals surface area contributed by atoms with Gasteiger partial charge in [0.2, 0.25) is 5.91 Å². The van der Waals surface area contributed by atoms with E-state index in [0.29, 0.717) is 0 Å². The van der Waals surface area contributed by atoms with Crippen LogP contribution in [0.15, 0.2) is 34.3 Å². The minimum absolute atomic E-state index is 0.0903. The van der Waals surface area contributed by atoms with Crippen LogP contribution in [-0.2, 0) is 14.3 Å². The van der Waals surface area contributed by atoms with Crippen molar-refractivity contribution in [3.8, 4) is 0 Å². The van der Waals surface area contributed by atoms with Crippen molar-refractivity contribution in [1.29, 1.82) is 0 Å². The summed E-state index contributed by atoms with van der Waals surface area (Å²) in [4.78, 5) is 48.0. The molecule has 0 radical (unpaired) electrons. The van der Waals surface area contributed by atoms with Gasteiger partial charge in [0.05, 0.1) is 25.2 Å². The Hall–Kier alpha value is -2.66. The molecule has 0 fully saturated rings. The van der Waals surface area contributed by atoms with E-state index in [2.05, 4.69) is 25.9 Å². The number of para-hydroxylation sites is 1. The second kappa shape index (κ2) is 9.88. The molecule has 1 aromatic rings. The van der Waals surface area contributed by atoms with Gasteiger partial charge in [0.1, 0.15) is 0 Å². The van der Waals surface area contributed by atoms with Crippen LogP contribution in [0, 0.1) is 10.8 Å². The Bertz CT molecular complexity index is 691. The third-order valence-corrected chi connectivity index (χ3v) is 4.95. The highest BCUT2D eigenvalue weighted by molar-refractivity contribution is 8.01. The van der Waals surface area contributed by atoms with E-state index in [0.717, 1.165) is 10.6 Å². The molecule has 1 heterocycles. The second-order valence-corrected chi connectivity index (χ2v) is 6.69. The van der Waals surface area contributed by atoms with Crippen LogP contribution >= 0.6 is 11.8 Å². The lowest BCUT2D eigenvalue weighted by atomic mass is 10.1. The molecule has 27 heavy (non-hydrogen) atoms. The van der Waals surface area contributed by atoms with Gasteiger partial charge in [0.15, 0.2) is 5.37 Å². The van der Waals surface area contributed by atoms with Gasteiger partial charge in [-0.25, -0.2) is 4.79 Å². The van der Waals surface area contributed by atoms with Gasteiger partial charge < -0.3 is 15.4 Å². The normalized spacial score (nSPS) is 17.0. The predicted octanol–water partition coefficient (Wildman–Crippen LogP) is 0.847. The topological polar surface area (TPSA) is 138 Å². The summed E-state index contributed by atoms with van der Waals surface area (Å²) >= 11 is 1.34. The molecular weight excluding hydrogens is 374 g/mol. The molecule has 10 nitrogen and oxygen atoms in total. The maximum Gasteiger partial charge on any atom is 0.413 e. The van der Waals surface area contributed by atoms with Gasteiger partial charge in [-0.3, -0.25) is 20.2 Å². The summed E-state index contributed by atoms with van der Waals surface area (Å²) < 4.78 is 4.65. The van der Waals surface area contributed by atoms with E-state index in [4.69, 9.17) is 0 Å². The lowest BCUT2D eigenvalue weighted by molar-refractivity contribution is -0.126. The molecule has 0 spiro atoms. The molecule has 2 rings (SSSR count). The maximum absolute atomic E-state index is 12.6. The van der Waals surface area contributed by atoms with Crippen LogP contribution in [0.25, 0.3) is 0 Å². The first-order valence-corrected chi connectivity index (χ1v) is 9.14. The summed E-state index contributed by atoms with van der Waals surface area (Å²) in [6.07, 6.45) is -1.83. The number of nitrogens with one attached hydrogen (secondary N) is 4. The molecule has 11 heteroatoms. The summed E-state index contributed by atoms with van der Waals surface area (Å²) in [7, 11) is 1.52. The molecule has 1 aliphatic heterocycles. The molecular formula is C16H21N5O5S. The number of alkyl carbamates (subject to hydrolysis) is 1. The van der Waals surface area contributed by atoms with Crippen molar-refractivity contribution in [2.45, 2.75) is 23.4 Å². The van der Waals surface area contributed by atoms with Crippen LogP contribution in [-0.4, -0.2) is 49.6 Å². The van der Waals surface area contributed by atoms with E-state index < -0.39 is 36.0 Å². The highest BCUT2D eigenvalue weighted by Crippen LogP contribution is 2.37. The number of anilines is 1. The predicted molar refractivity (Wildman–Crippen MR) is 100 cm³/mol. The number of rotatable bonds is 8. The molecule has 0 saturated heterocycles. The van der Waals surface area contributed by atoms with E-state index in [1.807, 2.05) is 29.6 Å². The fraction of sp³-hybridized carbons (Fsp3) is 0.438. The fourth-order valence-electron chi connectivity index (χ4n) is 2.49. The van der Waals surface area contributed by atoms with E-state index in [1.165, 1.54) is 18.8 Å². The second-order valence-electron chi connectivity index (χ2n) is 5.54. The van der Waals surface area contributed by atoms with Crippen LogP contribution in [0.5, 0.6) is 0 Å². The molecule has 0 aromatic heterocycles. The van der Waals surface area contributed by atoms with E-state index in [-0.39, 0.29) is 12.5 Å². The SMILES string of the molecule is CCOC(=O)NC(=O)C(CN=O)C(NC)NC(=O)C1Nc2ccccc2S1. The number of nitroso groups, excluding NO2 is 1.